The van der Waals surface area contributed by atoms with E-state index < -0.39 is 5.97 Å². The van der Waals surface area contributed by atoms with Crippen molar-refractivity contribution in [3.8, 4) is 5.75 Å². The summed E-state index contributed by atoms with van der Waals surface area (Å²) in [4.78, 5) is 11.4. The minimum absolute atomic E-state index is 0.333. The monoisotopic (exact) mass is 298 g/mol. The van der Waals surface area contributed by atoms with Crippen LogP contribution in [0.2, 0.25) is 0 Å². The van der Waals surface area contributed by atoms with Crippen molar-refractivity contribution in [2.24, 2.45) is 5.92 Å². The van der Waals surface area contributed by atoms with Gasteiger partial charge in [0.05, 0.1) is 12.2 Å². The lowest BCUT2D eigenvalue weighted by molar-refractivity contribution is 0.0696. The molecule has 2 aromatic rings. The molecular formula is C19H22O3. The summed E-state index contributed by atoms with van der Waals surface area (Å²) < 4.78 is 5.74. The van der Waals surface area contributed by atoms with Gasteiger partial charge in [0.25, 0.3) is 0 Å². The zero-order valence-electron chi connectivity index (χ0n) is 13.1. The smallest absolute Gasteiger partial charge is 0.335 e. The van der Waals surface area contributed by atoms with Crippen LogP contribution in [-0.2, 0) is 6.42 Å². The number of rotatable bonds is 7. The number of carbonyl (C=O) groups is 1. The highest BCUT2D eigenvalue weighted by atomic mass is 16.5. The van der Waals surface area contributed by atoms with E-state index in [1.165, 1.54) is 0 Å². The van der Waals surface area contributed by atoms with Gasteiger partial charge in [0, 0.05) is 0 Å². The van der Waals surface area contributed by atoms with Gasteiger partial charge in [-0.05, 0) is 48.1 Å². The first kappa shape index (κ1) is 16.1. The third kappa shape index (κ3) is 4.62. The van der Waals surface area contributed by atoms with Crippen LogP contribution in [-0.4, -0.2) is 17.7 Å². The molecule has 22 heavy (non-hydrogen) atoms. The fourth-order valence-corrected chi connectivity index (χ4v) is 2.24. The standard InChI is InChI=1S/C19H22O3/c1-14(2)10-11-22-17-8-9-18(19(20)21)16(13-17)12-15-6-4-3-5-7-15/h3-9,13-14H,10-12H2,1-2H3,(H,20,21). The third-order valence-corrected chi connectivity index (χ3v) is 3.51. The molecule has 116 valence electrons. The Morgan fingerprint density at radius 1 is 1.14 bits per heavy atom. The van der Waals surface area contributed by atoms with E-state index in [1.807, 2.05) is 36.4 Å². The van der Waals surface area contributed by atoms with Gasteiger partial charge in [0.15, 0.2) is 0 Å². The second-order valence-electron chi connectivity index (χ2n) is 5.82. The molecule has 3 nitrogen and oxygen atoms in total. The Kier molecular flexibility index (Phi) is 5.59. The topological polar surface area (TPSA) is 46.5 Å². The summed E-state index contributed by atoms with van der Waals surface area (Å²) in [5.74, 6) is 0.415. The van der Waals surface area contributed by atoms with Crippen molar-refractivity contribution < 1.29 is 14.6 Å². The van der Waals surface area contributed by atoms with Crippen molar-refractivity contribution in [2.75, 3.05) is 6.61 Å². The molecule has 0 fully saturated rings. The number of carboxylic acid groups (broad SMARTS) is 1. The molecule has 1 N–H and O–H groups in total. The minimum atomic E-state index is -0.903. The summed E-state index contributed by atoms with van der Waals surface area (Å²) in [6, 6.07) is 15.1. The predicted molar refractivity (Wildman–Crippen MR) is 87.6 cm³/mol. The Hall–Kier alpha value is -2.29. The van der Waals surface area contributed by atoms with Crippen LogP contribution in [0.15, 0.2) is 48.5 Å². The Morgan fingerprint density at radius 2 is 1.86 bits per heavy atom. The van der Waals surface area contributed by atoms with E-state index in [0.29, 0.717) is 24.5 Å². The molecule has 0 atom stereocenters. The molecule has 3 heteroatoms. The highest BCUT2D eigenvalue weighted by Gasteiger charge is 2.12. The normalized spacial score (nSPS) is 10.7. The number of benzene rings is 2. The van der Waals surface area contributed by atoms with Crippen LogP contribution in [0.5, 0.6) is 5.75 Å². The molecule has 0 aliphatic rings. The molecule has 0 heterocycles. The van der Waals surface area contributed by atoms with Gasteiger partial charge in [0.1, 0.15) is 5.75 Å². The molecule has 0 aliphatic carbocycles. The first-order chi connectivity index (χ1) is 10.6. The van der Waals surface area contributed by atoms with Crippen molar-refractivity contribution in [3.05, 3.63) is 65.2 Å². The molecule has 2 rings (SSSR count). The lowest BCUT2D eigenvalue weighted by Crippen LogP contribution is -2.06. The van der Waals surface area contributed by atoms with Crippen molar-refractivity contribution in [2.45, 2.75) is 26.7 Å². The van der Waals surface area contributed by atoms with E-state index in [4.69, 9.17) is 4.74 Å². The van der Waals surface area contributed by atoms with Crippen LogP contribution in [0.4, 0.5) is 0 Å². The fraction of sp³-hybridized carbons (Fsp3) is 0.316. The van der Waals surface area contributed by atoms with E-state index in [9.17, 15) is 9.90 Å². The molecular weight excluding hydrogens is 276 g/mol. The van der Waals surface area contributed by atoms with Crippen LogP contribution in [0, 0.1) is 5.92 Å². The minimum Gasteiger partial charge on any atom is -0.494 e. The Morgan fingerprint density at radius 3 is 2.50 bits per heavy atom. The molecule has 0 saturated heterocycles. The molecule has 0 unspecified atom stereocenters. The summed E-state index contributed by atoms with van der Waals surface area (Å²) in [7, 11) is 0. The van der Waals surface area contributed by atoms with Gasteiger partial charge in [-0.1, -0.05) is 44.2 Å². The molecule has 0 spiro atoms. The zero-order valence-corrected chi connectivity index (χ0v) is 13.1. The van der Waals surface area contributed by atoms with Gasteiger partial charge in [-0.2, -0.15) is 0 Å². The zero-order chi connectivity index (χ0) is 15.9. The van der Waals surface area contributed by atoms with Gasteiger partial charge in [-0.15, -0.1) is 0 Å². The molecule has 0 bridgehead atoms. The maximum absolute atomic E-state index is 11.4. The fourth-order valence-electron chi connectivity index (χ4n) is 2.24. The highest BCUT2D eigenvalue weighted by molar-refractivity contribution is 5.89. The Balaban J connectivity index is 2.18. The number of hydrogen-bond donors (Lipinski definition) is 1. The second kappa shape index (κ2) is 7.64. The van der Waals surface area contributed by atoms with Gasteiger partial charge in [-0.25, -0.2) is 4.79 Å². The molecule has 0 aliphatic heterocycles. The highest BCUT2D eigenvalue weighted by Crippen LogP contribution is 2.21. The number of carboxylic acids is 1. The van der Waals surface area contributed by atoms with Crippen LogP contribution < -0.4 is 4.74 Å². The van der Waals surface area contributed by atoms with E-state index in [-0.39, 0.29) is 0 Å². The lowest BCUT2D eigenvalue weighted by Gasteiger charge is -2.12. The van der Waals surface area contributed by atoms with Crippen LogP contribution in [0.25, 0.3) is 0 Å². The predicted octanol–water partition coefficient (Wildman–Crippen LogP) is 4.40. The first-order valence-corrected chi connectivity index (χ1v) is 7.59. The van der Waals surface area contributed by atoms with Crippen LogP contribution in [0.3, 0.4) is 0 Å². The summed E-state index contributed by atoms with van der Waals surface area (Å²) in [6.07, 6.45) is 1.57. The van der Waals surface area contributed by atoms with E-state index in [2.05, 4.69) is 13.8 Å². The lowest BCUT2D eigenvalue weighted by atomic mass is 9.99. The van der Waals surface area contributed by atoms with Crippen molar-refractivity contribution in [1.29, 1.82) is 0 Å². The summed E-state index contributed by atoms with van der Waals surface area (Å²) in [5.41, 5.74) is 2.20. The van der Waals surface area contributed by atoms with Crippen molar-refractivity contribution in [1.82, 2.24) is 0 Å². The average molecular weight is 298 g/mol. The maximum Gasteiger partial charge on any atom is 0.335 e. The van der Waals surface area contributed by atoms with Crippen LogP contribution >= 0.6 is 0 Å². The average Bonchev–Trinajstić information content (AvgIpc) is 2.48. The van der Waals surface area contributed by atoms with Gasteiger partial charge in [-0.3, -0.25) is 0 Å². The number of aromatic carboxylic acids is 1. The second-order valence-corrected chi connectivity index (χ2v) is 5.82. The van der Waals surface area contributed by atoms with Crippen molar-refractivity contribution in [3.63, 3.8) is 0 Å². The van der Waals surface area contributed by atoms with Crippen molar-refractivity contribution >= 4 is 5.97 Å². The molecule has 2 aromatic carbocycles. The third-order valence-electron chi connectivity index (χ3n) is 3.51. The summed E-state index contributed by atoms with van der Waals surface area (Å²) in [6.45, 7) is 4.95. The maximum atomic E-state index is 11.4. The summed E-state index contributed by atoms with van der Waals surface area (Å²) in [5, 5.41) is 9.34. The molecule has 0 aromatic heterocycles. The number of hydrogen-bond acceptors (Lipinski definition) is 2. The summed E-state index contributed by atoms with van der Waals surface area (Å²) >= 11 is 0. The number of ether oxygens (including phenoxy) is 1. The van der Waals surface area contributed by atoms with Gasteiger partial charge < -0.3 is 9.84 Å². The Bertz CT molecular complexity index is 618. The van der Waals surface area contributed by atoms with E-state index in [1.54, 1.807) is 12.1 Å². The van der Waals surface area contributed by atoms with E-state index >= 15 is 0 Å². The SMILES string of the molecule is CC(C)CCOc1ccc(C(=O)O)c(Cc2ccccc2)c1. The van der Waals surface area contributed by atoms with Gasteiger partial charge >= 0.3 is 5.97 Å². The molecule has 0 radical (unpaired) electrons. The molecule has 0 saturated carbocycles. The largest absolute Gasteiger partial charge is 0.494 e. The first-order valence-electron chi connectivity index (χ1n) is 7.59. The van der Waals surface area contributed by atoms with E-state index in [0.717, 1.165) is 23.3 Å². The van der Waals surface area contributed by atoms with Crippen LogP contribution in [0.1, 0.15) is 41.8 Å². The van der Waals surface area contributed by atoms with Gasteiger partial charge in [0.2, 0.25) is 0 Å². The quantitative estimate of drug-likeness (QED) is 0.824. The molecule has 0 amide bonds. The Labute approximate surface area is 131 Å².